The van der Waals surface area contributed by atoms with Gasteiger partial charge in [0.05, 0.1) is 30.2 Å². The van der Waals surface area contributed by atoms with Crippen LogP contribution in [-0.2, 0) is 11.3 Å². The summed E-state index contributed by atoms with van der Waals surface area (Å²) < 4.78 is 10.1. The van der Waals surface area contributed by atoms with E-state index in [4.69, 9.17) is 20.4 Å². The normalized spacial score (nSPS) is 25.2. The molecule has 2 fully saturated rings. The first-order valence-electron chi connectivity index (χ1n) is 17.0. The van der Waals surface area contributed by atoms with Crippen molar-refractivity contribution >= 4 is 28.5 Å². The first-order chi connectivity index (χ1) is 22.1. The van der Waals surface area contributed by atoms with Crippen LogP contribution in [0.5, 0.6) is 5.88 Å². The van der Waals surface area contributed by atoms with Crippen molar-refractivity contribution in [3.8, 4) is 17.3 Å². The minimum atomic E-state index is -0.414. The van der Waals surface area contributed by atoms with Gasteiger partial charge in [-0.15, -0.1) is 0 Å². The Morgan fingerprint density at radius 2 is 1.89 bits per heavy atom. The van der Waals surface area contributed by atoms with Crippen molar-refractivity contribution in [1.29, 1.82) is 0 Å². The number of aryl methyl sites for hydroxylation is 2. The minimum absolute atomic E-state index is 0.00703. The number of likely N-dealkylation sites (tertiary alicyclic amines) is 1. The molecule has 4 aromatic rings. The third-order valence-corrected chi connectivity index (χ3v) is 10.9. The third-order valence-electron chi connectivity index (χ3n) is 10.9. The van der Waals surface area contributed by atoms with Gasteiger partial charge >= 0.3 is 0 Å². The Bertz CT molecular complexity index is 1820. The van der Waals surface area contributed by atoms with Crippen LogP contribution in [0.2, 0.25) is 0 Å². The zero-order valence-corrected chi connectivity index (χ0v) is 27.8. The Kier molecular flexibility index (Phi) is 7.82. The van der Waals surface area contributed by atoms with Gasteiger partial charge in [0.25, 0.3) is 5.91 Å². The summed E-state index contributed by atoms with van der Waals surface area (Å²) in [6, 6.07) is 10.1. The van der Waals surface area contributed by atoms with Crippen LogP contribution in [0.25, 0.3) is 28.1 Å². The summed E-state index contributed by atoms with van der Waals surface area (Å²) in [6.07, 6.45) is 8.11. The monoisotopic (exact) mass is 625 g/mol. The van der Waals surface area contributed by atoms with Crippen molar-refractivity contribution in [3.05, 3.63) is 47.3 Å². The summed E-state index contributed by atoms with van der Waals surface area (Å²) in [5.74, 6) is 1.16. The van der Waals surface area contributed by atoms with Gasteiger partial charge in [-0.3, -0.25) is 14.0 Å². The molecule has 0 spiro atoms. The quantitative estimate of drug-likeness (QED) is 0.298. The largest absolute Gasteiger partial charge is 0.482 e. The lowest BCUT2D eigenvalue weighted by Gasteiger charge is -2.37. The van der Waals surface area contributed by atoms with E-state index >= 15 is 0 Å². The minimum Gasteiger partial charge on any atom is -0.482 e. The molecular formula is C36H47N7O3. The molecule has 1 aliphatic carbocycles. The number of nitrogens with one attached hydrogen (secondary N) is 1. The number of carbonyl (C=O) groups excluding carboxylic acids is 2. The topological polar surface area (TPSA) is 120 Å². The van der Waals surface area contributed by atoms with E-state index in [1.54, 1.807) is 7.11 Å². The summed E-state index contributed by atoms with van der Waals surface area (Å²) in [7, 11) is 1.64. The van der Waals surface area contributed by atoms with Crippen molar-refractivity contribution in [2.45, 2.75) is 104 Å². The highest BCUT2D eigenvalue weighted by Gasteiger charge is 2.41. The second kappa shape index (κ2) is 11.7. The Morgan fingerprint density at radius 3 is 2.70 bits per heavy atom. The maximum atomic E-state index is 13.9. The van der Waals surface area contributed by atoms with Crippen LogP contribution < -0.4 is 15.8 Å². The number of carbonyl (C=O) groups is 2. The number of nitrogens with zero attached hydrogens (tertiary/aromatic N) is 5. The molecule has 10 nitrogen and oxygen atoms in total. The number of aromatic nitrogens is 4. The van der Waals surface area contributed by atoms with Gasteiger partial charge in [0.15, 0.2) is 5.88 Å². The fourth-order valence-electron chi connectivity index (χ4n) is 7.97. The molecule has 0 radical (unpaired) electrons. The van der Waals surface area contributed by atoms with Crippen molar-refractivity contribution in [3.63, 3.8) is 0 Å². The lowest BCUT2D eigenvalue weighted by Crippen LogP contribution is -2.51. The van der Waals surface area contributed by atoms with E-state index in [0.717, 1.165) is 91.7 Å². The van der Waals surface area contributed by atoms with Crippen LogP contribution in [0.1, 0.15) is 99.9 Å². The molecule has 0 aromatic carbocycles. The molecule has 46 heavy (non-hydrogen) atoms. The Balaban J connectivity index is 1.30. The number of piperidine rings is 1. The van der Waals surface area contributed by atoms with E-state index < -0.39 is 5.41 Å². The molecule has 244 valence electrons. The number of ether oxygens (including phenoxy) is 1. The SMILES string of the molecule is COc1cc(C(=O)N2C[C@H](N)[C@@H]3CC[C@H]2C3)cc2nc(-c3cc4ccc5nc4n3CCCCCCC(C)(C)C(=O)N[C@@H]5C)c(C)n12. The van der Waals surface area contributed by atoms with E-state index in [0.29, 0.717) is 29.6 Å². The molecule has 4 atom stereocenters. The van der Waals surface area contributed by atoms with Gasteiger partial charge < -0.3 is 25.3 Å². The highest BCUT2D eigenvalue weighted by Crippen LogP contribution is 2.38. The summed E-state index contributed by atoms with van der Waals surface area (Å²) in [6.45, 7) is 9.52. The van der Waals surface area contributed by atoms with Gasteiger partial charge in [-0.2, -0.15) is 0 Å². The Hall–Kier alpha value is -3.92. The second-order valence-corrected chi connectivity index (χ2v) is 14.4. The zero-order valence-electron chi connectivity index (χ0n) is 27.8. The van der Waals surface area contributed by atoms with Crippen LogP contribution >= 0.6 is 0 Å². The maximum absolute atomic E-state index is 13.9. The predicted octanol–water partition coefficient (Wildman–Crippen LogP) is 5.79. The molecule has 3 aliphatic rings. The standard InChI is InChI=1S/C36H47N7O3/c1-21-28-13-11-24-17-29(41(33(24)39-28)15-9-7-6-8-14-36(3,4)35(45)38-21)32-22(2)43-30(40-32)18-25(19-31(43)46-5)34(44)42-20-27(37)23-10-12-26(42)16-23/h11,13,17-19,21,23,26-27H,6-10,12,14-16,20,37H2,1-5H3,(H,38,45)/t21-,23-,26+,27+/m1/s1. The number of fused-ring (bicyclic) bond motifs is 4. The second-order valence-electron chi connectivity index (χ2n) is 14.4. The molecule has 0 unspecified atom stereocenters. The number of imidazole rings is 1. The number of nitrogens with two attached hydrogens (primary N) is 1. The molecule has 2 aliphatic heterocycles. The van der Waals surface area contributed by atoms with Crippen LogP contribution in [0.3, 0.4) is 0 Å². The Labute approximate surface area is 270 Å². The van der Waals surface area contributed by atoms with E-state index in [1.165, 1.54) is 0 Å². The summed E-state index contributed by atoms with van der Waals surface area (Å²) >= 11 is 0. The van der Waals surface area contributed by atoms with Crippen molar-refractivity contribution in [1.82, 2.24) is 29.2 Å². The summed E-state index contributed by atoms with van der Waals surface area (Å²) in [5, 5.41) is 4.24. The van der Waals surface area contributed by atoms with Gasteiger partial charge in [0.2, 0.25) is 5.91 Å². The van der Waals surface area contributed by atoms with Gasteiger partial charge in [-0.25, -0.2) is 9.97 Å². The first-order valence-corrected chi connectivity index (χ1v) is 17.0. The zero-order chi connectivity index (χ0) is 32.3. The smallest absolute Gasteiger partial charge is 0.254 e. The van der Waals surface area contributed by atoms with Crippen LogP contribution in [-0.4, -0.2) is 61.4 Å². The first kappa shape index (κ1) is 30.7. The number of hydrogen-bond acceptors (Lipinski definition) is 6. The van der Waals surface area contributed by atoms with Crippen molar-refractivity contribution in [2.75, 3.05) is 13.7 Å². The lowest BCUT2D eigenvalue weighted by molar-refractivity contribution is -0.130. The fraction of sp³-hybridized carbons (Fsp3) is 0.556. The molecule has 10 heteroatoms. The van der Waals surface area contributed by atoms with Gasteiger partial charge in [-0.1, -0.05) is 33.1 Å². The number of methoxy groups -OCH3 is 1. The van der Waals surface area contributed by atoms with Gasteiger partial charge in [0.1, 0.15) is 17.0 Å². The van der Waals surface area contributed by atoms with E-state index in [-0.39, 0.29) is 29.9 Å². The van der Waals surface area contributed by atoms with Crippen LogP contribution in [0.4, 0.5) is 0 Å². The average molecular weight is 626 g/mol. The molecule has 3 N–H and O–H groups in total. The molecule has 4 bridgehead atoms. The lowest BCUT2D eigenvalue weighted by atomic mass is 9.85. The number of pyridine rings is 2. The van der Waals surface area contributed by atoms with Crippen LogP contribution in [0, 0.1) is 18.3 Å². The molecular weight excluding hydrogens is 578 g/mol. The predicted molar refractivity (Wildman–Crippen MR) is 179 cm³/mol. The van der Waals surface area contributed by atoms with Crippen LogP contribution in [0.15, 0.2) is 30.3 Å². The highest BCUT2D eigenvalue weighted by atomic mass is 16.5. The molecule has 2 amide bonds. The van der Waals surface area contributed by atoms with Crippen molar-refractivity contribution < 1.29 is 14.3 Å². The van der Waals surface area contributed by atoms with E-state index in [9.17, 15) is 9.59 Å². The molecule has 7 rings (SSSR count). The summed E-state index contributed by atoms with van der Waals surface area (Å²) in [5.41, 5.74) is 11.8. The average Bonchev–Trinajstić information content (AvgIpc) is 3.73. The van der Waals surface area contributed by atoms with Gasteiger partial charge in [0, 0.05) is 47.6 Å². The van der Waals surface area contributed by atoms with E-state index in [2.05, 4.69) is 22.0 Å². The highest BCUT2D eigenvalue weighted by molar-refractivity contribution is 5.96. The third kappa shape index (κ3) is 5.24. The number of rotatable bonds is 3. The van der Waals surface area contributed by atoms with E-state index in [1.807, 2.05) is 55.2 Å². The number of amides is 2. The van der Waals surface area contributed by atoms with Crippen molar-refractivity contribution in [2.24, 2.45) is 17.1 Å². The molecule has 1 saturated carbocycles. The Morgan fingerprint density at radius 1 is 1.09 bits per heavy atom. The fourth-order valence-corrected chi connectivity index (χ4v) is 7.97. The number of hydrogen-bond donors (Lipinski definition) is 2. The maximum Gasteiger partial charge on any atom is 0.254 e. The molecule has 4 aromatic heterocycles. The summed E-state index contributed by atoms with van der Waals surface area (Å²) in [4.78, 5) is 39.3. The molecule has 1 saturated heterocycles. The molecule has 6 heterocycles. The van der Waals surface area contributed by atoms with Gasteiger partial charge in [-0.05, 0) is 76.1 Å².